The van der Waals surface area contributed by atoms with Crippen LogP contribution in [0.2, 0.25) is 0 Å². The molecule has 0 aromatic heterocycles. The highest BCUT2D eigenvalue weighted by Gasteiger charge is 2.11. The molecular formula is C12H17NO2. The maximum atomic E-state index is 11.3. The van der Waals surface area contributed by atoms with Gasteiger partial charge >= 0.3 is 0 Å². The van der Waals surface area contributed by atoms with Crippen molar-refractivity contribution in [2.75, 3.05) is 7.05 Å². The van der Waals surface area contributed by atoms with Gasteiger partial charge in [-0.2, -0.15) is 0 Å². The molecule has 3 nitrogen and oxygen atoms in total. The van der Waals surface area contributed by atoms with E-state index in [1.54, 1.807) is 31.3 Å². The van der Waals surface area contributed by atoms with E-state index in [-0.39, 0.29) is 11.5 Å². The second kappa shape index (κ2) is 4.34. The van der Waals surface area contributed by atoms with Gasteiger partial charge in [0.15, 0.2) is 0 Å². The van der Waals surface area contributed by atoms with Crippen LogP contribution in [-0.4, -0.2) is 18.6 Å². The fourth-order valence-electron chi connectivity index (χ4n) is 1.17. The summed E-state index contributed by atoms with van der Waals surface area (Å²) in [4.78, 5) is 11.3. The summed E-state index contributed by atoms with van der Waals surface area (Å²) < 4.78 is 5.64. The SMILES string of the molecule is CNC(=O)c1ccc(OC(C)(C)C)cc1. The third-order valence-corrected chi connectivity index (χ3v) is 1.77. The lowest BCUT2D eigenvalue weighted by Crippen LogP contribution is -2.23. The highest BCUT2D eigenvalue weighted by Crippen LogP contribution is 2.18. The van der Waals surface area contributed by atoms with Gasteiger partial charge in [-0.1, -0.05) is 0 Å². The highest BCUT2D eigenvalue weighted by atomic mass is 16.5. The zero-order valence-corrected chi connectivity index (χ0v) is 9.63. The molecule has 0 fully saturated rings. The topological polar surface area (TPSA) is 38.3 Å². The maximum Gasteiger partial charge on any atom is 0.251 e. The van der Waals surface area contributed by atoms with Crippen LogP contribution in [0.5, 0.6) is 5.75 Å². The van der Waals surface area contributed by atoms with Gasteiger partial charge in [0.2, 0.25) is 0 Å². The summed E-state index contributed by atoms with van der Waals surface area (Å²) in [6, 6.07) is 7.10. The van der Waals surface area contributed by atoms with Gasteiger partial charge < -0.3 is 10.1 Å². The smallest absolute Gasteiger partial charge is 0.251 e. The van der Waals surface area contributed by atoms with E-state index in [0.29, 0.717) is 5.56 Å². The van der Waals surface area contributed by atoms with Gasteiger partial charge in [0.25, 0.3) is 5.91 Å². The number of rotatable bonds is 2. The van der Waals surface area contributed by atoms with Gasteiger partial charge in [-0.05, 0) is 45.0 Å². The van der Waals surface area contributed by atoms with E-state index in [0.717, 1.165) is 5.75 Å². The van der Waals surface area contributed by atoms with Gasteiger partial charge in [0.05, 0.1) is 0 Å². The number of carbonyl (C=O) groups is 1. The van der Waals surface area contributed by atoms with Gasteiger partial charge in [-0.3, -0.25) is 4.79 Å². The van der Waals surface area contributed by atoms with Crippen LogP contribution in [0.3, 0.4) is 0 Å². The van der Waals surface area contributed by atoms with E-state index in [9.17, 15) is 4.79 Å². The van der Waals surface area contributed by atoms with Crippen molar-refractivity contribution in [3.63, 3.8) is 0 Å². The number of amides is 1. The quantitative estimate of drug-likeness (QED) is 0.807. The molecule has 0 aliphatic rings. The van der Waals surface area contributed by atoms with Crippen LogP contribution in [-0.2, 0) is 0 Å². The molecule has 0 unspecified atom stereocenters. The van der Waals surface area contributed by atoms with Crippen molar-refractivity contribution >= 4 is 5.91 Å². The van der Waals surface area contributed by atoms with Crippen molar-refractivity contribution in [1.82, 2.24) is 5.32 Å². The molecule has 3 heteroatoms. The van der Waals surface area contributed by atoms with E-state index < -0.39 is 0 Å². The van der Waals surface area contributed by atoms with E-state index in [4.69, 9.17) is 4.74 Å². The van der Waals surface area contributed by atoms with Gasteiger partial charge in [-0.15, -0.1) is 0 Å². The molecule has 1 N–H and O–H groups in total. The van der Waals surface area contributed by atoms with Crippen LogP contribution in [0.15, 0.2) is 24.3 Å². The predicted octanol–water partition coefficient (Wildman–Crippen LogP) is 2.22. The number of carbonyl (C=O) groups excluding carboxylic acids is 1. The Morgan fingerprint density at radius 2 is 1.73 bits per heavy atom. The second-order valence-electron chi connectivity index (χ2n) is 4.32. The average Bonchev–Trinajstić information content (AvgIpc) is 2.15. The van der Waals surface area contributed by atoms with Crippen molar-refractivity contribution in [2.45, 2.75) is 26.4 Å². The maximum absolute atomic E-state index is 11.3. The van der Waals surface area contributed by atoms with Crippen molar-refractivity contribution in [3.05, 3.63) is 29.8 Å². The standard InChI is InChI=1S/C12H17NO2/c1-12(2,3)15-10-7-5-9(6-8-10)11(14)13-4/h5-8H,1-4H3,(H,13,14). The molecule has 0 saturated heterocycles. The molecule has 0 bridgehead atoms. The molecule has 1 amide bonds. The Hall–Kier alpha value is -1.51. The molecule has 1 aromatic rings. The van der Waals surface area contributed by atoms with Crippen molar-refractivity contribution in [3.8, 4) is 5.75 Å². The number of nitrogens with one attached hydrogen (secondary N) is 1. The van der Waals surface area contributed by atoms with Crippen LogP contribution in [0, 0.1) is 0 Å². The molecule has 0 saturated carbocycles. The zero-order valence-electron chi connectivity index (χ0n) is 9.63. The Kier molecular flexibility index (Phi) is 3.35. The third-order valence-electron chi connectivity index (χ3n) is 1.77. The van der Waals surface area contributed by atoms with Crippen LogP contribution in [0.25, 0.3) is 0 Å². The molecule has 0 heterocycles. The lowest BCUT2D eigenvalue weighted by molar-refractivity contribution is 0.0963. The molecule has 0 spiro atoms. The molecule has 0 aliphatic heterocycles. The third kappa shape index (κ3) is 3.62. The van der Waals surface area contributed by atoms with Crippen molar-refractivity contribution in [1.29, 1.82) is 0 Å². The molecule has 0 atom stereocenters. The number of hydrogen-bond donors (Lipinski definition) is 1. The monoisotopic (exact) mass is 207 g/mol. The normalized spacial score (nSPS) is 10.9. The summed E-state index contributed by atoms with van der Waals surface area (Å²) in [6.07, 6.45) is 0. The van der Waals surface area contributed by atoms with E-state index in [1.165, 1.54) is 0 Å². The average molecular weight is 207 g/mol. The first-order valence-electron chi connectivity index (χ1n) is 4.93. The van der Waals surface area contributed by atoms with E-state index in [2.05, 4.69) is 5.32 Å². The Morgan fingerprint density at radius 1 is 1.20 bits per heavy atom. The molecule has 1 aromatic carbocycles. The number of benzene rings is 1. The van der Waals surface area contributed by atoms with Crippen LogP contribution >= 0.6 is 0 Å². The van der Waals surface area contributed by atoms with Crippen LogP contribution in [0.1, 0.15) is 31.1 Å². The Balaban J connectivity index is 2.77. The highest BCUT2D eigenvalue weighted by molar-refractivity contribution is 5.94. The molecule has 1 rings (SSSR count). The Labute approximate surface area is 90.4 Å². The fraction of sp³-hybridized carbons (Fsp3) is 0.417. The minimum atomic E-state index is -0.214. The Morgan fingerprint density at radius 3 is 2.13 bits per heavy atom. The van der Waals surface area contributed by atoms with Gasteiger partial charge in [0, 0.05) is 12.6 Å². The molecule has 82 valence electrons. The lowest BCUT2D eigenvalue weighted by Gasteiger charge is -2.21. The molecule has 0 aliphatic carbocycles. The number of ether oxygens (including phenoxy) is 1. The summed E-state index contributed by atoms with van der Waals surface area (Å²) in [5, 5.41) is 2.57. The molecular weight excluding hydrogens is 190 g/mol. The summed E-state index contributed by atoms with van der Waals surface area (Å²) >= 11 is 0. The van der Waals surface area contributed by atoms with Crippen LogP contribution in [0.4, 0.5) is 0 Å². The van der Waals surface area contributed by atoms with Crippen molar-refractivity contribution in [2.24, 2.45) is 0 Å². The van der Waals surface area contributed by atoms with Crippen LogP contribution < -0.4 is 10.1 Å². The Bertz CT molecular complexity index is 336. The van der Waals surface area contributed by atoms with E-state index in [1.807, 2.05) is 20.8 Å². The van der Waals surface area contributed by atoms with Crippen molar-refractivity contribution < 1.29 is 9.53 Å². The largest absolute Gasteiger partial charge is 0.488 e. The minimum absolute atomic E-state index is 0.0858. The first kappa shape index (κ1) is 11.6. The zero-order chi connectivity index (χ0) is 11.5. The summed E-state index contributed by atoms with van der Waals surface area (Å²) in [5.74, 6) is 0.687. The summed E-state index contributed by atoms with van der Waals surface area (Å²) in [6.45, 7) is 5.96. The number of hydrogen-bond acceptors (Lipinski definition) is 2. The second-order valence-corrected chi connectivity index (χ2v) is 4.32. The molecule has 15 heavy (non-hydrogen) atoms. The predicted molar refractivity (Wildman–Crippen MR) is 60.2 cm³/mol. The fourth-order valence-corrected chi connectivity index (χ4v) is 1.17. The van der Waals surface area contributed by atoms with Gasteiger partial charge in [-0.25, -0.2) is 0 Å². The minimum Gasteiger partial charge on any atom is -0.488 e. The summed E-state index contributed by atoms with van der Waals surface area (Å²) in [7, 11) is 1.61. The van der Waals surface area contributed by atoms with E-state index >= 15 is 0 Å². The molecule has 0 radical (unpaired) electrons. The lowest BCUT2D eigenvalue weighted by atomic mass is 10.1. The first-order chi connectivity index (χ1) is 6.92. The summed E-state index contributed by atoms with van der Waals surface area (Å²) in [5.41, 5.74) is 0.424. The first-order valence-corrected chi connectivity index (χ1v) is 4.93. The van der Waals surface area contributed by atoms with Gasteiger partial charge in [0.1, 0.15) is 11.4 Å².